The highest BCUT2D eigenvalue weighted by molar-refractivity contribution is 5.97. The molecule has 10 nitrogen and oxygen atoms in total. The normalized spacial score (nSPS) is 20.6. The number of carbonyl (C=O) groups is 1. The lowest BCUT2D eigenvalue weighted by atomic mass is 10.0. The number of amides is 1. The summed E-state index contributed by atoms with van der Waals surface area (Å²) in [6.07, 6.45) is 8.16. The minimum absolute atomic E-state index is 0.0683. The second kappa shape index (κ2) is 10.9. The Morgan fingerprint density at radius 2 is 2.00 bits per heavy atom. The summed E-state index contributed by atoms with van der Waals surface area (Å²) in [6, 6.07) is 5.65. The van der Waals surface area contributed by atoms with Gasteiger partial charge in [-0.25, -0.2) is 14.4 Å². The van der Waals surface area contributed by atoms with Gasteiger partial charge in [-0.15, -0.1) is 0 Å². The summed E-state index contributed by atoms with van der Waals surface area (Å²) < 4.78 is 19.9. The third kappa shape index (κ3) is 5.88. The quantitative estimate of drug-likeness (QED) is 0.444. The van der Waals surface area contributed by atoms with Crippen LogP contribution in [0, 0.1) is 23.1 Å². The maximum atomic E-state index is 14.5. The SMILES string of the molecule is N#C/C(=C/C1CC1)C(=O)N1CCCC(Nc2nc(Nc3ccc(N4CCOCC4)nc3)ncc2F)C1. The highest BCUT2D eigenvalue weighted by atomic mass is 19.1. The number of halogens is 1. The van der Waals surface area contributed by atoms with Crippen molar-refractivity contribution < 1.29 is 13.9 Å². The van der Waals surface area contributed by atoms with E-state index in [0.29, 0.717) is 37.9 Å². The van der Waals surface area contributed by atoms with Crippen LogP contribution in [-0.2, 0) is 9.53 Å². The number of hydrogen-bond donors (Lipinski definition) is 2. The van der Waals surface area contributed by atoms with Gasteiger partial charge >= 0.3 is 0 Å². The molecule has 3 aliphatic rings. The number of hydrogen-bond acceptors (Lipinski definition) is 9. The third-order valence-electron chi connectivity index (χ3n) is 6.51. The average molecular weight is 493 g/mol. The van der Waals surface area contributed by atoms with Crippen molar-refractivity contribution in [2.75, 3.05) is 54.9 Å². The van der Waals surface area contributed by atoms with Gasteiger partial charge in [-0.2, -0.15) is 10.2 Å². The zero-order valence-corrected chi connectivity index (χ0v) is 20.0. The minimum Gasteiger partial charge on any atom is -0.378 e. The maximum absolute atomic E-state index is 14.5. The van der Waals surface area contributed by atoms with Crippen molar-refractivity contribution in [3.8, 4) is 6.07 Å². The van der Waals surface area contributed by atoms with Crippen LogP contribution >= 0.6 is 0 Å². The molecule has 188 valence electrons. The summed E-state index contributed by atoms with van der Waals surface area (Å²) in [5.41, 5.74) is 0.886. The molecule has 0 bridgehead atoms. The molecular weight excluding hydrogens is 463 g/mol. The zero-order valence-electron chi connectivity index (χ0n) is 20.0. The topological polar surface area (TPSA) is 119 Å². The smallest absolute Gasteiger partial charge is 0.264 e. The molecule has 36 heavy (non-hydrogen) atoms. The number of aromatic nitrogens is 3. The van der Waals surface area contributed by atoms with Crippen molar-refractivity contribution in [1.82, 2.24) is 19.9 Å². The van der Waals surface area contributed by atoms with Gasteiger partial charge in [0.25, 0.3) is 5.91 Å². The van der Waals surface area contributed by atoms with Crippen molar-refractivity contribution in [1.29, 1.82) is 5.26 Å². The van der Waals surface area contributed by atoms with Gasteiger partial charge in [-0.3, -0.25) is 4.79 Å². The van der Waals surface area contributed by atoms with Gasteiger partial charge < -0.3 is 25.2 Å². The predicted molar refractivity (Wildman–Crippen MR) is 132 cm³/mol. The number of allylic oxidation sites excluding steroid dienone is 1. The largest absolute Gasteiger partial charge is 0.378 e. The van der Waals surface area contributed by atoms with Gasteiger partial charge in [0.1, 0.15) is 17.5 Å². The van der Waals surface area contributed by atoms with Gasteiger partial charge in [0.05, 0.1) is 31.3 Å². The van der Waals surface area contributed by atoms with Gasteiger partial charge in [-0.05, 0) is 43.7 Å². The van der Waals surface area contributed by atoms with E-state index in [9.17, 15) is 14.4 Å². The van der Waals surface area contributed by atoms with Crippen molar-refractivity contribution >= 4 is 29.2 Å². The van der Waals surface area contributed by atoms with E-state index in [2.05, 4.69) is 30.5 Å². The van der Waals surface area contributed by atoms with E-state index in [0.717, 1.165) is 50.8 Å². The number of ether oxygens (including phenoxy) is 1. The van der Waals surface area contributed by atoms with E-state index in [1.54, 1.807) is 17.2 Å². The number of nitrogens with one attached hydrogen (secondary N) is 2. The Labute approximate surface area is 209 Å². The van der Waals surface area contributed by atoms with E-state index >= 15 is 0 Å². The number of nitriles is 1. The number of piperidine rings is 1. The summed E-state index contributed by atoms with van der Waals surface area (Å²) in [7, 11) is 0. The van der Waals surface area contributed by atoms with Crippen LogP contribution in [0.2, 0.25) is 0 Å². The van der Waals surface area contributed by atoms with Gasteiger partial charge in [-0.1, -0.05) is 6.08 Å². The second-order valence-electron chi connectivity index (χ2n) is 9.28. The fraction of sp³-hybridized carbons (Fsp3) is 0.480. The Kier molecular flexibility index (Phi) is 7.23. The molecule has 2 aromatic heterocycles. The molecule has 1 amide bonds. The van der Waals surface area contributed by atoms with Crippen molar-refractivity contribution in [3.05, 3.63) is 42.0 Å². The molecule has 11 heteroatoms. The average Bonchev–Trinajstić information content (AvgIpc) is 3.74. The van der Waals surface area contributed by atoms with Crippen LogP contribution in [0.1, 0.15) is 25.7 Å². The van der Waals surface area contributed by atoms with E-state index in [4.69, 9.17) is 4.74 Å². The van der Waals surface area contributed by atoms with Crippen LogP contribution in [0.15, 0.2) is 36.2 Å². The van der Waals surface area contributed by atoms with E-state index in [1.807, 2.05) is 18.2 Å². The van der Waals surface area contributed by atoms with Crippen LogP contribution in [0.25, 0.3) is 0 Å². The molecule has 1 saturated carbocycles. The summed E-state index contributed by atoms with van der Waals surface area (Å²) in [5, 5.41) is 15.6. The Morgan fingerprint density at radius 1 is 1.17 bits per heavy atom. The Balaban J connectivity index is 1.21. The number of pyridine rings is 1. The molecule has 1 aliphatic carbocycles. The second-order valence-corrected chi connectivity index (χ2v) is 9.28. The van der Waals surface area contributed by atoms with Crippen LogP contribution in [0.5, 0.6) is 0 Å². The molecule has 2 aromatic rings. The molecule has 0 spiro atoms. The first-order valence-electron chi connectivity index (χ1n) is 12.3. The van der Waals surface area contributed by atoms with Crippen molar-refractivity contribution in [2.45, 2.75) is 31.7 Å². The summed E-state index contributed by atoms with van der Waals surface area (Å²) in [4.78, 5) is 29.5. The van der Waals surface area contributed by atoms with E-state index < -0.39 is 5.82 Å². The van der Waals surface area contributed by atoms with Crippen LogP contribution < -0.4 is 15.5 Å². The first-order valence-corrected chi connectivity index (χ1v) is 12.3. The molecule has 1 atom stereocenters. The van der Waals surface area contributed by atoms with Crippen molar-refractivity contribution in [3.63, 3.8) is 0 Å². The first kappa shape index (κ1) is 23.9. The van der Waals surface area contributed by atoms with Crippen LogP contribution in [-0.4, -0.2) is 71.2 Å². The fourth-order valence-electron chi connectivity index (χ4n) is 4.40. The monoisotopic (exact) mass is 492 g/mol. The summed E-state index contributed by atoms with van der Waals surface area (Å²) in [5.74, 6) is 0.690. The molecule has 1 unspecified atom stereocenters. The molecule has 0 aromatic carbocycles. The minimum atomic E-state index is -0.573. The Bertz CT molecular complexity index is 1160. The number of likely N-dealkylation sites (tertiary alicyclic amines) is 1. The van der Waals surface area contributed by atoms with Gasteiger partial charge in [0.2, 0.25) is 5.95 Å². The molecule has 2 saturated heterocycles. The Morgan fingerprint density at radius 3 is 2.72 bits per heavy atom. The van der Waals surface area contributed by atoms with Crippen molar-refractivity contribution in [2.24, 2.45) is 5.92 Å². The standard InChI is InChI=1S/C25H29FN8O2/c26-21-15-29-25(31-19-5-6-22(28-14-19)33-8-10-36-11-9-33)32-23(21)30-20-2-1-7-34(16-20)24(35)18(13-27)12-17-3-4-17/h5-6,12,14-15,17,20H,1-4,7-11,16H2,(H2,29,30,31,32)/b18-12-. The van der Waals surface area contributed by atoms with E-state index in [1.165, 1.54) is 0 Å². The van der Waals surface area contributed by atoms with Gasteiger partial charge in [0, 0.05) is 32.2 Å². The zero-order chi connectivity index (χ0) is 24.9. The summed E-state index contributed by atoms with van der Waals surface area (Å²) >= 11 is 0. The lowest BCUT2D eigenvalue weighted by molar-refractivity contribution is -0.127. The van der Waals surface area contributed by atoms with Crippen LogP contribution in [0.3, 0.4) is 0 Å². The molecule has 2 aliphatic heterocycles. The fourth-order valence-corrected chi connectivity index (χ4v) is 4.40. The number of nitrogens with zero attached hydrogens (tertiary/aromatic N) is 6. The molecule has 5 rings (SSSR count). The number of anilines is 4. The van der Waals surface area contributed by atoms with Crippen LogP contribution in [0.4, 0.5) is 27.7 Å². The molecular formula is C25H29FN8O2. The van der Waals surface area contributed by atoms with E-state index in [-0.39, 0.29) is 29.3 Å². The highest BCUT2D eigenvalue weighted by Gasteiger charge is 2.28. The number of carbonyl (C=O) groups excluding carboxylic acids is 1. The third-order valence-corrected chi connectivity index (χ3v) is 6.51. The van der Waals surface area contributed by atoms with Gasteiger partial charge in [0.15, 0.2) is 11.6 Å². The number of morpholine rings is 1. The highest BCUT2D eigenvalue weighted by Crippen LogP contribution is 2.32. The molecule has 4 heterocycles. The maximum Gasteiger partial charge on any atom is 0.264 e. The summed E-state index contributed by atoms with van der Waals surface area (Å²) in [6.45, 7) is 3.92. The predicted octanol–water partition coefficient (Wildman–Crippen LogP) is 2.85. The number of rotatable bonds is 7. The lowest BCUT2D eigenvalue weighted by Gasteiger charge is -2.33. The lowest BCUT2D eigenvalue weighted by Crippen LogP contribution is -2.45. The first-order chi connectivity index (χ1) is 17.6. The molecule has 2 N–H and O–H groups in total. The molecule has 0 radical (unpaired) electrons. The molecule has 3 fully saturated rings. The Hall–Kier alpha value is -3.78.